The number of nitrogens with one attached hydrogen (secondary N) is 3. The summed E-state index contributed by atoms with van der Waals surface area (Å²) < 4.78 is 13.2. The molecule has 3 N–H and O–H groups in total. The highest BCUT2D eigenvalue weighted by molar-refractivity contribution is 5.85. The highest BCUT2D eigenvalue weighted by atomic mass is 19.1. The summed E-state index contributed by atoms with van der Waals surface area (Å²) in [5.74, 6) is 0.312. The first-order chi connectivity index (χ1) is 12.2. The molecule has 0 bridgehead atoms. The summed E-state index contributed by atoms with van der Waals surface area (Å²) in [6.07, 6.45) is 3.30. The van der Waals surface area contributed by atoms with Gasteiger partial charge in [-0.15, -0.1) is 0 Å². The number of nitrogens with zero attached hydrogens (tertiary/aromatic N) is 1. The van der Waals surface area contributed by atoms with Crippen LogP contribution in [0.3, 0.4) is 0 Å². The maximum atomic E-state index is 13.2. The van der Waals surface area contributed by atoms with E-state index in [2.05, 4.69) is 20.9 Å². The van der Waals surface area contributed by atoms with E-state index in [-0.39, 0.29) is 29.2 Å². The van der Waals surface area contributed by atoms with Crippen molar-refractivity contribution < 1.29 is 9.18 Å². The smallest absolute Gasteiger partial charge is 0.242 e. The number of hydrogen-bond acceptors (Lipinski definition) is 2. The normalized spacial score (nSPS) is 16.6. The molecule has 1 saturated carbocycles. The quantitative estimate of drug-likeness (QED) is 0.538. The van der Waals surface area contributed by atoms with Crippen LogP contribution in [0.4, 0.5) is 4.39 Å². The molecule has 144 valence electrons. The Morgan fingerprint density at radius 3 is 2.35 bits per heavy atom. The van der Waals surface area contributed by atoms with Gasteiger partial charge in [-0.05, 0) is 58.2 Å². The Kier molecular flexibility index (Phi) is 6.62. The molecule has 1 aromatic carbocycles. The summed E-state index contributed by atoms with van der Waals surface area (Å²) in [5, 5.41) is 9.45. The number of rotatable bonds is 6. The lowest BCUT2D eigenvalue weighted by Crippen LogP contribution is -2.49. The van der Waals surface area contributed by atoms with Crippen LogP contribution in [0, 0.1) is 5.82 Å². The van der Waals surface area contributed by atoms with E-state index < -0.39 is 0 Å². The molecule has 1 aromatic rings. The molecular weight excluding hydrogens is 331 g/mol. The Morgan fingerprint density at radius 1 is 1.19 bits per heavy atom. The Balaban J connectivity index is 1.99. The fourth-order valence-electron chi connectivity index (χ4n) is 3.18. The van der Waals surface area contributed by atoms with Gasteiger partial charge in [0.2, 0.25) is 5.91 Å². The summed E-state index contributed by atoms with van der Waals surface area (Å²) in [7, 11) is 0. The number of carbonyl (C=O) groups excluding carboxylic acids is 1. The number of benzene rings is 1. The molecule has 1 aliphatic carbocycles. The maximum absolute atomic E-state index is 13.2. The molecule has 0 atom stereocenters. The molecule has 0 aliphatic heterocycles. The van der Waals surface area contributed by atoms with Crippen LogP contribution in [-0.4, -0.2) is 37.0 Å². The third-order valence-corrected chi connectivity index (χ3v) is 4.60. The van der Waals surface area contributed by atoms with Crippen LogP contribution in [0.5, 0.6) is 0 Å². The van der Waals surface area contributed by atoms with E-state index in [4.69, 9.17) is 0 Å². The fraction of sp³-hybridized carbons (Fsp3) is 0.600. The molecule has 6 heteroatoms. The predicted molar refractivity (Wildman–Crippen MR) is 104 cm³/mol. The molecule has 5 nitrogen and oxygen atoms in total. The van der Waals surface area contributed by atoms with Gasteiger partial charge >= 0.3 is 0 Å². The average molecular weight is 362 g/mol. The molecule has 0 radical (unpaired) electrons. The number of amides is 1. The van der Waals surface area contributed by atoms with Gasteiger partial charge in [0.1, 0.15) is 12.4 Å². The molecule has 0 heterocycles. The van der Waals surface area contributed by atoms with Gasteiger partial charge in [-0.2, -0.15) is 0 Å². The van der Waals surface area contributed by atoms with Crippen molar-refractivity contribution in [3.63, 3.8) is 0 Å². The van der Waals surface area contributed by atoms with E-state index in [1.54, 1.807) is 0 Å². The van der Waals surface area contributed by atoms with Gasteiger partial charge in [-0.1, -0.05) is 18.6 Å². The fourth-order valence-corrected chi connectivity index (χ4v) is 3.18. The molecule has 0 spiro atoms. The van der Waals surface area contributed by atoms with Gasteiger partial charge in [-0.3, -0.25) is 4.79 Å². The third kappa shape index (κ3) is 5.71. The third-order valence-electron chi connectivity index (χ3n) is 4.60. The van der Waals surface area contributed by atoms with Crippen LogP contribution in [0.25, 0.3) is 0 Å². The van der Waals surface area contributed by atoms with Crippen LogP contribution >= 0.6 is 0 Å². The summed E-state index contributed by atoms with van der Waals surface area (Å²) >= 11 is 0. The topological polar surface area (TPSA) is 65.5 Å². The van der Waals surface area contributed by atoms with Gasteiger partial charge in [0.05, 0.1) is 0 Å². The second-order valence-electron chi connectivity index (χ2n) is 7.99. The Hall–Kier alpha value is -2.11. The Labute approximate surface area is 155 Å². The highest BCUT2D eigenvalue weighted by Crippen LogP contribution is 2.43. The lowest BCUT2D eigenvalue weighted by molar-refractivity contribution is -0.121. The van der Waals surface area contributed by atoms with Crippen LogP contribution in [0.2, 0.25) is 0 Å². The van der Waals surface area contributed by atoms with Crippen molar-refractivity contribution in [3.8, 4) is 0 Å². The van der Waals surface area contributed by atoms with Crippen molar-refractivity contribution in [2.45, 2.75) is 57.9 Å². The monoisotopic (exact) mass is 362 g/mol. The van der Waals surface area contributed by atoms with Crippen LogP contribution in [0.1, 0.15) is 52.5 Å². The van der Waals surface area contributed by atoms with Crippen molar-refractivity contribution in [2.24, 2.45) is 4.99 Å². The standard InChI is InChI=1S/C20H31FN4O/c1-5-22-18(23-13-17(26)25-19(2,3)4)24-14-20(11-6-12-20)15-7-9-16(21)10-8-15/h7-10H,5-6,11-14H2,1-4H3,(H,25,26)(H2,22,23,24). The van der Waals surface area contributed by atoms with Gasteiger partial charge in [-0.25, -0.2) is 9.38 Å². The van der Waals surface area contributed by atoms with E-state index in [0.29, 0.717) is 12.5 Å². The van der Waals surface area contributed by atoms with Gasteiger partial charge in [0, 0.05) is 24.0 Å². The van der Waals surface area contributed by atoms with E-state index in [9.17, 15) is 9.18 Å². The highest BCUT2D eigenvalue weighted by Gasteiger charge is 2.38. The first-order valence-corrected chi connectivity index (χ1v) is 9.33. The minimum Gasteiger partial charge on any atom is -0.357 e. The number of hydrogen-bond donors (Lipinski definition) is 3. The zero-order valence-electron chi connectivity index (χ0n) is 16.3. The van der Waals surface area contributed by atoms with E-state index in [1.165, 1.54) is 18.6 Å². The van der Waals surface area contributed by atoms with E-state index in [1.807, 2.05) is 39.8 Å². The van der Waals surface area contributed by atoms with Crippen molar-refractivity contribution in [3.05, 3.63) is 35.6 Å². The van der Waals surface area contributed by atoms with Crippen LogP contribution in [0.15, 0.2) is 29.3 Å². The largest absolute Gasteiger partial charge is 0.357 e. The molecule has 1 fully saturated rings. The van der Waals surface area contributed by atoms with Crippen LogP contribution < -0.4 is 16.0 Å². The van der Waals surface area contributed by atoms with E-state index >= 15 is 0 Å². The van der Waals surface area contributed by atoms with Crippen molar-refractivity contribution in [1.82, 2.24) is 16.0 Å². The maximum Gasteiger partial charge on any atom is 0.242 e. The number of carbonyl (C=O) groups is 1. The first-order valence-electron chi connectivity index (χ1n) is 9.33. The van der Waals surface area contributed by atoms with Gasteiger partial charge < -0.3 is 16.0 Å². The number of aliphatic imine (C=N–C) groups is 1. The van der Waals surface area contributed by atoms with E-state index in [0.717, 1.165) is 24.9 Å². The minimum atomic E-state index is -0.267. The lowest BCUT2D eigenvalue weighted by atomic mass is 9.64. The summed E-state index contributed by atoms with van der Waals surface area (Å²) in [6.45, 7) is 9.34. The zero-order chi connectivity index (χ0) is 19.2. The number of halogens is 1. The Morgan fingerprint density at radius 2 is 1.85 bits per heavy atom. The molecular formula is C20H31FN4O. The second kappa shape index (κ2) is 8.52. The molecule has 0 saturated heterocycles. The molecule has 26 heavy (non-hydrogen) atoms. The van der Waals surface area contributed by atoms with Crippen molar-refractivity contribution in [2.75, 3.05) is 19.6 Å². The van der Waals surface area contributed by atoms with Crippen molar-refractivity contribution >= 4 is 11.9 Å². The minimum absolute atomic E-state index is 0.0115. The van der Waals surface area contributed by atoms with Gasteiger partial charge in [0.15, 0.2) is 5.96 Å². The molecule has 0 unspecified atom stereocenters. The number of guanidine groups is 1. The van der Waals surface area contributed by atoms with Crippen LogP contribution in [-0.2, 0) is 10.2 Å². The van der Waals surface area contributed by atoms with Crippen molar-refractivity contribution in [1.29, 1.82) is 0 Å². The molecule has 1 amide bonds. The summed E-state index contributed by atoms with van der Waals surface area (Å²) in [5.41, 5.74) is 0.896. The lowest BCUT2D eigenvalue weighted by Gasteiger charge is -2.43. The summed E-state index contributed by atoms with van der Waals surface area (Å²) in [4.78, 5) is 16.4. The molecule has 2 rings (SSSR count). The predicted octanol–water partition coefficient (Wildman–Crippen LogP) is 2.72. The zero-order valence-corrected chi connectivity index (χ0v) is 16.3. The average Bonchev–Trinajstić information content (AvgIpc) is 2.51. The summed E-state index contributed by atoms with van der Waals surface area (Å²) in [6, 6.07) is 6.78. The second-order valence-corrected chi connectivity index (χ2v) is 7.99. The molecule has 0 aromatic heterocycles. The first kappa shape index (κ1) is 20.2. The molecule has 1 aliphatic rings. The van der Waals surface area contributed by atoms with Gasteiger partial charge in [0.25, 0.3) is 0 Å². The Bertz CT molecular complexity index is 630. The SMILES string of the molecule is CCNC(=NCC(=O)NC(C)(C)C)NCC1(c2ccc(F)cc2)CCC1.